The standard InChI is InChI=1S/C6H10Br2Cl2/c1-2-3-4-5(9)6(7,8)10/h5H,2-4H2,1H3. The Hall–Kier alpha value is 1.54. The van der Waals surface area contributed by atoms with Gasteiger partial charge in [-0.25, -0.2) is 0 Å². The van der Waals surface area contributed by atoms with Gasteiger partial charge >= 0.3 is 0 Å². The highest BCUT2D eigenvalue weighted by molar-refractivity contribution is 9.26. The van der Waals surface area contributed by atoms with Crippen molar-refractivity contribution in [2.45, 2.75) is 34.3 Å². The fourth-order valence-electron chi connectivity index (χ4n) is 0.547. The highest BCUT2D eigenvalue weighted by atomic mass is 79.9. The van der Waals surface area contributed by atoms with Gasteiger partial charge in [0.15, 0.2) is 2.69 Å². The summed E-state index contributed by atoms with van der Waals surface area (Å²) in [6.07, 6.45) is 3.19. The van der Waals surface area contributed by atoms with Gasteiger partial charge < -0.3 is 0 Å². The smallest absolute Gasteiger partial charge is 0.119 e. The van der Waals surface area contributed by atoms with Crippen LogP contribution in [0, 0.1) is 0 Å². The number of hydrogen-bond acceptors (Lipinski definition) is 0. The highest BCUT2D eigenvalue weighted by Gasteiger charge is 2.28. The number of alkyl halides is 4. The fourth-order valence-corrected chi connectivity index (χ4v) is 1.27. The molecule has 0 aromatic heterocycles. The van der Waals surface area contributed by atoms with Gasteiger partial charge in [-0.05, 0) is 6.42 Å². The first kappa shape index (κ1) is 11.5. The molecule has 0 aliphatic carbocycles. The van der Waals surface area contributed by atoms with E-state index < -0.39 is 2.69 Å². The normalized spacial score (nSPS) is 15.3. The van der Waals surface area contributed by atoms with Crippen LogP contribution in [0.3, 0.4) is 0 Å². The van der Waals surface area contributed by atoms with Gasteiger partial charge in [0.1, 0.15) is 0 Å². The molecule has 0 nitrogen and oxygen atoms in total. The van der Waals surface area contributed by atoms with Crippen molar-refractivity contribution in [3.8, 4) is 0 Å². The van der Waals surface area contributed by atoms with Crippen LogP contribution in [-0.4, -0.2) is 8.07 Å². The Kier molecular flexibility index (Phi) is 6.04. The zero-order chi connectivity index (χ0) is 8.20. The molecule has 10 heavy (non-hydrogen) atoms. The first-order chi connectivity index (χ1) is 4.48. The highest BCUT2D eigenvalue weighted by Crippen LogP contribution is 2.39. The molecular weight excluding hydrogens is 303 g/mol. The number of hydrogen-bond donors (Lipinski definition) is 0. The van der Waals surface area contributed by atoms with Gasteiger partial charge in [-0.15, -0.1) is 11.6 Å². The van der Waals surface area contributed by atoms with Gasteiger partial charge in [0.05, 0.1) is 5.38 Å². The molecule has 0 N–H and O–H groups in total. The van der Waals surface area contributed by atoms with E-state index in [1.54, 1.807) is 0 Å². The van der Waals surface area contributed by atoms with Gasteiger partial charge in [-0.2, -0.15) is 0 Å². The quantitative estimate of drug-likeness (QED) is 0.672. The van der Waals surface area contributed by atoms with Crippen LogP contribution in [0.25, 0.3) is 0 Å². The molecule has 0 rings (SSSR count). The van der Waals surface area contributed by atoms with Crippen molar-refractivity contribution in [3.63, 3.8) is 0 Å². The van der Waals surface area contributed by atoms with Crippen LogP contribution < -0.4 is 0 Å². The molecule has 0 spiro atoms. The summed E-state index contributed by atoms with van der Waals surface area (Å²) < 4.78 is -0.628. The second-order valence-corrected chi connectivity index (χ2v) is 7.75. The average Bonchev–Trinajstić information content (AvgIpc) is 1.80. The molecule has 1 atom stereocenters. The number of halogens is 4. The van der Waals surface area contributed by atoms with Crippen LogP contribution in [-0.2, 0) is 0 Å². The van der Waals surface area contributed by atoms with E-state index in [2.05, 4.69) is 38.8 Å². The third kappa shape index (κ3) is 5.22. The summed E-state index contributed by atoms with van der Waals surface area (Å²) in [5.74, 6) is 0. The Morgan fingerprint density at radius 1 is 1.50 bits per heavy atom. The molecule has 0 fully saturated rings. The van der Waals surface area contributed by atoms with Crippen molar-refractivity contribution in [3.05, 3.63) is 0 Å². The lowest BCUT2D eigenvalue weighted by Crippen LogP contribution is -2.17. The Morgan fingerprint density at radius 2 is 2.00 bits per heavy atom. The zero-order valence-electron chi connectivity index (χ0n) is 5.71. The minimum absolute atomic E-state index is 0.0610. The van der Waals surface area contributed by atoms with E-state index in [-0.39, 0.29) is 5.38 Å². The van der Waals surface area contributed by atoms with Gasteiger partial charge in [0.25, 0.3) is 0 Å². The van der Waals surface area contributed by atoms with Crippen LogP contribution in [0.15, 0.2) is 0 Å². The second kappa shape index (κ2) is 5.23. The predicted octanol–water partition coefficient (Wildman–Crippen LogP) is 4.47. The summed E-state index contributed by atoms with van der Waals surface area (Å²) in [7, 11) is 0. The first-order valence-electron chi connectivity index (χ1n) is 3.19. The van der Waals surface area contributed by atoms with Crippen LogP contribution in [0.5, 0.6) is 0 Å². The monoisotopic (exact) mass is 310 g/mol. The molecule has 0 aliphatic rings. The van der Waals surface area contributed by atoms with E-state index in [0.717, 1.165) is 19.3 Å². The third-order valence-corrected chi connectivity index (χ3v) is 3.72. The molecule has 4 heteroatoms. The third-order valence-electron chi connectivity index (χ3n) is 1.17. The van der Waals surface area contributed by atoms with E-state index in [1.807, 2.05) is 0 Å². The zero-order valence-corrected chi connectivity index (χ0v) is 10.4. The Labute approximate surface area is 88.9 Å². The second-order valence-electron chi connectivity index (χ2n) is 2.15. The SMILES string of the molecule is CCCCC(Cl)C(Cl)(Br)Br. The summed E-state index contributed by atoms with van der Waals surface area (Å²) in [6, 6.07) is 0. The van der Waals surface area contributed by atoms with Gasteiger partial charge in [-0.1, -0.05) is 63.2 Å². The maximum atomic E-state index is 5.91. The van der Waals surface area contributed by atoms with Crippen LogP contribution in [0.4, 0.5) is 0 Å². The minimum atomic E-state index is -0.628. The van der Waals surface area contributed by atoms with Crippen LogP contribution >= 0.6 is 55.1 Å². The minimum Gasteiger partial charge on any atom is -0.119 e. The number of unbranched alkanes of at least 4 members (excludes halogenated alkanes) is 1. The Bertz CT molecular complexity index is 90.2. The van der Waals surface area contributed by atoms with Crippen molar-refractivity contribution in [2.75, 3.05) is 0 Å². The molecule has 0 aliphatic heterocycles. The Morgan fingerprint density at radius 3 is 2.30 bits per heavy atom. The van der Waals surface area contributed by atoms with Crippen LogP contribution in [0.1, 0.15) is 26.2 Å². The molecular formula is C6H10Br2Cl2. The van der Waals surface area contributed by atoms with Crippen molar-refractivity contribution in [2.24, 2.45) is 0 Å². The average molecular weight is 313 g/mol. The van der Waals surface area contributed by atoms with Crippen molar-refractivity contribution < 1.29 is 0 Å². The summed E-state index contributed by atoms with van der Waals surface area (Å²) in [5.41, 5.74) is 0. The maximum Gasteiger partial charge on any atom is 0.169 e. The van der Waals surface area contributed by atoms with Gasteiger partial charge in [0.2, 0.25) is 0 Å². The first-order valence-corrected chi connectivity index (χ1v) is 5.59. The molecule has 62 valence electrons. The molecule has 0 saturated carbocycles. The van der Waals surface area contributed by atoms with E-state index in [4.69, 9.17) is 23.2 Å². The molecule has 0 aromatic carbocycles. The lowest BCUT2D eigenvalue weighted by molar-refractivity contribution is 0.695. The summed E-state index contributed by atoms with van der Waals surface area (Å²) in [5, 5.41) is -0.0610. The molecule has 0 saturated heterocycles. The number of rotatable bonds is 4. The van der Waals surface area contributed by atoms with E-state index in [0.29, 0.717) is 0 Å². The lowest BCUT2D eigenvalue weighted by atomic mass is 10.2. The summed E-state index contributed by atoms with van der Waals surface area (Å²) >= 11 is 18.2. The molecule has 0 bridgehead atoms. The maximum absolute atomic E-state index is 5.91. The van der Waals surface area contributed by atoms with E-state index in [1.165, 1.54) is 0 Å². The van der Waals surface area contributed by atoms with Crippen LogP contribution in [0.2, 0.25) is 0 Å². The topological polar surface area (TPSA) is 0 Å². The molecule has 0 heterocycles. The largest absolute Gasteiger partial charge is 0.169 e. The molecule has 0 amide bonds. The van der Waals surface area contributed by atoms with Gasteiger partial charge in [-0.3, -0.25) is 0 Å². The summed E-state index contributed by atoms with van der Waals surface area (Å²) in [4.78, 5) is 0. The van der Waals surface area contributed by atoms with Gasteiger partial charge in [0, 0.05) is 0 Å². The lowest BCUT2D eigenvalue weighted by Gasteiger charge is -2.17. The van der Waals surface area contributed by atoms with E-state index >= 15 is 0 Å². The van der Waals surface area contributed by atoms with Crippen molar-refractivity contribution >= 4 is 55.1 Å². The van der Waals surface area contributed by atoms with E-state index in [9.17, 15) is 0 Å². The van der Waals surface area contributed by atoms with Crippen molar-refractivity contribution in [1.82, 2.24) is 0 Å². The molecule has 1 unspecified atom stereocenters. The molecule has 0 radical (unpaired) electrons. The Balaban J connectivity index is 3.52. The summed E-state index contributed by atoms with van der Waals surface area (Å²) in [6.45, 7) is 2.13. The molecule has 0 aromatic rings. The fraction of sp³-hybridized carbons (Fsp3) is 1.00. The predicted molar refractivity (Wildman–Crippen MR) is 55.6 cm³/mol. The van der Waals surface area contributed by atoms with Crippen molar-refractivity contribution in [1.29, 1.82) is 0 Å².